The molecule has 2 aliphatic rings. The maximum atomic E-state index is 12.3. The van der Waals surface area contributed by atoms with Crippen molar-refractivity contribution in [3.8, 4) is 0 Å². The minimum Gasteiger partial charge on any atom is -0.756 e. The molecule has 2 fully saturated rings. The van der Waals surface area contributed by atoms with Crippen molar-refractivity contribution >= 4 is 23.5 Å². The molecule has 9 nitrogen and oxygen atoms in total. The fourth-order valence-electron chi connectivity index (χ4n) is 3.04. The van der Waals surface area contributed by atoms with Crippen molar-refractivity contribution in [2.24, 2.45) is 0 Å². The van der Waals surface area contributed by atoms with Crippen LogP contribution in [-0.4, -0.2) is 88.7 Å². The Morgan fingerprint density at radius 2 is 1.82 bits per heavy atom. The van der Waals surface area contributed by atoms with Gasteiger partial charge in [0.25, 0.3) is 7.82 Å². The van der Waals surface area contributed by atoms with E-state index in [2.05, 4.69) is 0 Å². The predicted molar refractivity (Wildman–Crippen MR) is 99.0 cm³/mol. The van der Waals surface area contributed by atoms with E-state index in [4.69, 9.17) is 43.7 Å². The van der Waals surface area contributed by atoms with Crippen LogP contribution in [0, 0.1) is 0 Å². The van der Waals surface area contributed by atoms with Crippen LogP contribution in [0.4, 0.5) is 0 Å². The van der Waals surface area contributed by atoms with Gasteiger partial charge in [0.15, 0.2) is 0 Å². The largest absolute Gasteiger partial charge is 0.756 e. The molecule has 0 spiro atoms. The molecule has 0 aromatic heterocycles. The molecule has 0 bridgehead atoms. The van der Waals surface area contributed by atoms with E-state index in [1.807, 2.05) is 13.8 Å². The highest BCUT2D eigenvalue weighted by atomic mass is 31.2. The quantitative estimate of drug-likeness (QED) is 0.375. The third-order valence-electron chi connectivity index (χ3n) is 4.28. The highest BCUT2D eigenvalue weighted by molar-refractivity contribution is 7.45. The second-order valence-electron chi connectivity index (χ2n) is 7.50. The van der Waals surface area contributed by atoms with Crippen LogP contribution in [0.25, 0.3) is 0 Å². The lowest BCUT2D eigenvalue weighted by atomic mass is 9.93. The van der Waals surface area contributed by atoms with Gasteiger partial charge >= 0.3 is 0 Å². The molecule has 2 heterocycles. The molecule has 2 rings (SSSR count). The zero-order valence-corrected chi connectivity index (χ0v) is 17.5. The summed E-state index contributed by atoms with van der Waals surface area (Å²) in [4.78, 5) is 12.3. The third-order valence-corrected chi connectivity index (χ3v) is 5.28. The zero-order valence-electron chi connectivity index (χ0n) is 16.6. The molecular weight excluding hydrogens is 389 g/mol. The highest BCUT2D eigenvalue weighted by Gasteiger charge is 2.43. The summed E-state index contributed by atoms with van der Waals surface area (Å²) in [6.07, 6.45) is -4.30. The summed E-state index contributed by atoms with van der Waals surface area (Å²) < 4.78 is 44.2. The van der Waals surface area contributed by atoms with Gasteiger partial charge in [-0.2, -0.15) is 0 Å². The van der Waals surface area contributed by atoms with Crippen molar-refractivity contribution in [3.63, 3.8) is 0 Å². The van der Waals surface area contributed by atoms with Gasteiger partial charge < -0.3 is 38.0 Å². The first-order valence-corrected chi connectivity index (χ1v) is 10.9. The van der Waals surface area contributed by atoms with Gasteiger partial charge in [-0.3, -0.25) is 4.57 Å². The topological polar surface area (TPSA) is 116 Å². The van der Waals surface area contributed by atoms with Crippen LogP contribution in [0.2, 0.25) is 0 Å². The molecule has 0 amide bonds. The Hall–Kier alpha value is 0.0399. The molecule has 158 valence electrons. The Bertz CT molecular complexity index is 538. The van der Waals surface area contributed by atoms with Crippen molar-refractivity contribution in [2.75, 3.05) is 13.2 Å². The van der Waals surface area contributed by atoms with Crippen LogP contribution >= 0.6 is 7.82 Å². The Labute approximate surface area is 168 Å². The van der Waals surface area contributed by atoms with Crippen molar-refractivity contribution in [1.29, 1.82) is 0 Å². The normalized spacial score (nSPS) is 38.4. The first kappa shape index (κ1) is 24.3. The minimum atomic E-state index is -4.70. The van der Waals surface area contributed by atoms with Gasteiger partial charge in [-0.05, 0) is 34.1 Å². The van der Waals surface area contributed by atoms with Crippen molar-refractivity contribution < 1.29 is 42.6 Å². The number of hydrogen-bond acceptors (Lipinski definition) is 9. The summed E-state index contributed by atoms with van der Waals surface area (Å²) in [5.41, 5.74) is 0. The van der Waals surface area contributed by atoms with Crippen LogP contribution in [-0.2, 0) is 32.6 Å². The molecule has 2 saturated heterocycles. The van der Waals surface area contributed by atoms with Gasteiger partial charge in [0, 0.05) is 12.0 Å². The number of aliphatic hydroxyl groups is 1. The number of ether oxygens (including phenoxy) is 4. The van der Waals surface area contributed by atoms with E-state index in [1.54, 1.807) is 13.8 Å². The van der Waals surface area contributed by atoms with E-state index in [-0.39, 0.29) is 25.2 Å². The van der Waals surface area contributed by atoms with E-state index in [0.29, 0.717) is 0 Å². The lowest BCUT2D eigenvalue weighted by Gasteiger charge is -2.30. The summed E-state index contributed by atoms with van der Waals surface area (Å²) in [6.45, 7) is 6.99. The number of phosphoric acid groups is 1. The number of aliphatic hydroxyl groups excluding tert-OH is 1. The van der Waals surface area contributed by atoms with Gasteiger partial charge in [-0.1, -0.05) is 0 Å². The predicted octanol–water partition coefficient (Wildman–Crippen LogP) is -0.387. The van der Waals surface area contributed by atoms with Gasteiger partial charge in [0.1, 0.15) is 40.1 Å². The van der Waals surface area contributed by atoms with Crippen LogP contribution in [0.5, 0.6) is 0 Å². The first-order valence-electron chi connectivity index (χ1n) is 9.39. The fourth-order valence-corrected chi connectivity index (χ4v) is 3.98. The molecule has 12 heteroatoms. The van der Waals surface area contributed by atoms with Crippen molar-refractivity contribution in [1.82, 2.24) is 0 Å². The van der Waals surface area contributed by atoms with Gasteiger partial charge in [-0.15, -0.1) is 0 Å². The summed E-state index contributed by atoms with van der Waals surface area (Å²) >= 11 is 0. The van der Waals surface area contributed by atoms with Gasteiger partial charge in [-0.25, -0.2) is 0 Å². The smallest absolute Gasteiger partial charge is 0.268 e. The maximum Gasteiger partial charge on any atom is 0.268 e. The first-order chi connectivity index (χ1) is 13.0. The summed E-state index contributed by atoms with van der Waals surface area (Å²) in [6, 6.07) is -1.65. The number of phosphoric ester groups is 1. The molecule has 1 N–H and O–H groups in total. The van der Waals surface area contributed by atoms with E-state index >= 15 is 0 Å². The highest BCUT2D eigenvalue weighted by Crippen LogP contribution is 2.44. The molecule has 8 atom stereocenters. The average molecular weight is 417 g/mol. The number of hydrogen-bond donors (Lipinski definition) is 1. The van der Waals surface area contributed by atoms with Crippen LogP contribution < -0.4 is 4.89 Å². The molecule has 0 aromatic carbocycles. The molecule has 8 unspecified atom stereocenters. The second-order valence-corrected chi connectivity index (χ2v) is 8.86. The Kier molecular flexibility index (Phi) is 9.01. The number of rotatable bonds is 10. The Morgan fingerprint density at radius 1 is 1.14 bits per heavy atom. The van der Waals surface area contributed by atoms with Crippen LogP contribution in [0.15, 0.2) is 0 Å². The Morgan fingerprint density at radius 3 is 2.43 bits per heavy atom. The monoisotopic (exact) mass is 417 g/mol. The molecule has 2 aliphatic heterocycles. The molecule has 28 heavy (non-hydrogen) atoms. The van der Waals surface area contributed by atoms with E-state index < -0.39 is 57.0 Å². The lowest BCUT2D eigenvalue weighted by molar-refractivity contribution is -0.234. The van der Waals surface area contributed by atoms with E-state index in [0.717, 1.165) is 0 Å². The summed E-state index contributed by atoms with van der Waals surface area (Å²) in [7, 11) is 6.70. The molecule has 0 aliphatic carbocycles. The standard InChI is InChI=1S/C16H29B2O9P/c1-8(2)22-6-11-10(5-13(17)25-11)27-28(20,21)23-7-12-15(24-9(3)4)14(19)16(18)26-12/h8-16,19H,5-7H2,1-4H3,(H,20,21)/p-1. The zero-order chi connectivity index (χ0) is 21.1. The molecule has 4 radical (unpaired) electrons. The third kappa shape index (κ3) is 7.07. The second kappa shape index (κ2) is 10.4. The van der Waals surface area contributed by atoms with Crippen molar-refractivity contribution in [3.05, 3.63) is 0 Å². The van der Waals surface area contributed by atoms with Gasteiger partial charge in [0.2, 0.25) is 0 Å². The van der Waals surface area contributed by atoms with Gasteiger partial charge in [0.05, 0.1) is 31.5 Å². The summed E-state index contributed by atoms with van der Waals surface area (Å²) in [5, 5.41) is 10.1. The fraction of sp³-hybridized carbons (Fsp3) is 1.00. The van der Waals surface area contributed by atoms with Crippen molar-refractivity contribution in [2.45, 2.75) is 88.9 Å². The SMILES string of the molecule is [B]C1CC(OP(=O)([O-])OCC2OC([B])C(O)C2OC(C)C)C(COC(C)C)O1. The minimum absolute atomic E-state index is 0.0515. The molecule has 0 aromatic rings. The maximum absolute atomic E-state index is 12.3. The summed E-state index contributed by atoms with van der Waals surface area (Å²) in [5.74, 6) is 0. The average Bonchev–Trinajstić information content (AvgIpc) is 3.04. The van der Waals surface area contributed by atoms with E-state index in [1.165, 1.54) is 0 Å². The molecule has 0 saturated carbocycles. The van der Waals surface area contributed by atoms with E-state index in [9.17, 15) is 14.6 Å². The van der Waals surface area contributed by atoms with Crippen LogP contribution in [0.3, 0.4) is 0 Å². The Balaban J connectivity index is 1.90. The lowest BCUT2D eigenvalue weighted by Crippen LogP contribution is -2.39. The van der Waals surface area contributed by atoms with Crippen LogP contribution in [0.1, 0.15) is 34.1 Å². The molecular formula is C16H28B2O9P-.